The van der Waals surface area contributed by atoms with Gasteiger partial charge in [0.1, 0.15) is 6.61 Å². The topological polar surface area (TPSA) is 81.4 Å². The molecule has 1 amide bonds. The number of benzene rings is 1. The zero-order chi connectivity index (χ0) is 12.8. The minimum Gasteiger partial charge on any atom is -0.461 e. The third kappa shape index (κ3) is 3.96. The van der Waals surface area contributed by atoms with Crippen molar-refractivity contribution in [3.8, 4) is 0 Å². The second-order valence-corrected chi connectivity index (χ2v) is 3.73. The van der Waals surface area contributed by atoms with Crippen LogP contribution in [0.15, 0.2) is 18.2 Å². The lowest BCUT2D eigenvalue weighted by molar-refractivity contribution is -0.121. The first-order valence-electron chi connectivity index (χ1n) is 4.97. The van der Waals surface area contributed by atoms with Gasteiger partial charge in [-0.1, -0.05) is 11.6 Å². The van der Waals surface area contributed by atoms with Crippen molar-refractivity contribution in [2.45, 2.75) is 6.42 Å². The van der Waals surface area contributed by atoms with Crippen molar-refractivity contribution < 1.29 is 14.3 Å². The van der Waals surface area contributed by atoms with Crippen LogP contribution in [-0.4, -0.2) is 25.5 Å². The normalized spacial score (nSPS) is 9.76. The molecule has 1 aromatic carbocycles. The molecule has 0 spiro atoms. The summed E-state index contributed by atoms with van der Waals surface area (Å²) in [5.74, 6) is -0.786. The Morgan fingerprint density at radius 2 is 2.18 bits per heavy atom. The number of carbonyl (C=O) groups excluding carboxylic acids is 2. The molecule has 6 heteroatoms. The Hall–Kier alpha value is -1.75. The van der Waals surface area contributed by atoms with Crippen molar-refractivity contribution in [1.29, 1.82) is 0 Å². The van der Waals surface area contributed by atoms with E-state index in [4.69, 9.17) is 22.1 Å². The molecule has 3 N–H and O–H groups in total. The van der Waals surface area contributed by atoms with Crippen LogP contribution in [0.2, 0.25) is 5.02 Å². The van der Waals surface area contributed by atoms with Crippen LogP contribution in [0, 0.1) is 0 Å². The highest BCUT2D eigenvalue weighted by Crippen LogP contribution is 2.18. The average Bonchev–Trinajstić information content (AvgIpc) is 2.31. The van der Waals surface area contributed by atoms with Gasteiger partial charge in [0.15, 0.2) is 0 Å². The van der Waals surface area contributed by atoms with Gasteiger partial charge >= 0.3 is 5.97 Å². The van der Waals surface area contributed by atoms with Gasteiger partial charge in [-0.3, -0.25) is 4.79 Å². The fourth-order valence-electron chi connectivity index (χ4n) is 1.14. The summed E-state index contributed by atoms with van der Waals surface area (Å²) >= 11 is 5.74. The number of halogens is 1. The number of nitrogens with two attached hydrogens (primary N) is 1. The van der Waals surface area contributed by atoms with Gasteiger partial charge in [-0.05, 0) is 18.2 Å². The number of anilines is 1. The third-order valence-corrected chi connectivity index (χ3v) is 2.31. The van der Waals surface area contributed by atoms with Crippen molar-refractivity contribution in [1.82, 2.24) is 5.32 Å². The molecule has 0 aliphatic heterocycles. The molecule has 0 fully saturated rings. The van der Waals surface area contributed by atoms with Crippen LogP contribution in [0.1, 0.15) is 16.8 Å². The molecule has 1 rings (SSSR count). The van der Waals surface area contributed by atoms with E-state index in [0.29, 0.717) is 10.7 Å². The Kier molecular flexibility index (Phi) is 4.78. The van der Waals surface area contributed by atoms with E-state index in [2.05, 4.69) is 5.32 Å². The Labute approximate surface area is 104 Å². The van der Waals surface area contributed by atoms with Gasteiger partial charge in [0.25, 0.3) is 0 Å². The number of hydrogen-bond donors (Lipinski definition) is 2. The number of rotatable bonds is 4. The second kappa shape index (κ2) is 6.10. The van der Waals surface area contributed by atoms with Gasteiger partial charge < -0.3 is 15.8 Å². The lowest BCUT2D eigenvalue weighted by Gasteiger charge is -2.06. The first-order chi connectivity index (χ1) is 8.04. The minimum absolute atomic E-state index is 0.00442. The Morgan fingerprint density at radius 3 is 2.82 bits per heavy atom. The molecular formula is C11H13ClN2O3. The smallest absolute Gasteiger partial charge is 0.340 e. The molecule has 0 aliphatic rings. The van der Waals surface area contributed by atoms with Crippen LogP contribution in [0.3, 0.4) is 0 Å². The molecular weight excluding hydrogens is 244 g/mol. The van der Waals surface area contributed by atoms with E-state index >= 15 is 0 Å². The van der Waals surface area contributed by atoms with Crippen LogP contribution in [0.5, 0.6) is 0 Å². The van der Waals surface area contributed by atoms with E-state index in [1.807, 2.05) is 0 Å². The summed E-state index contributed by atoms with van der Waals surface area (Å²) in [4.78, 5) is 22.5. The number of carbonyl (C=O) groups is 2. The summed E-state index contributed by atoms with van der Waals surface area (Å²) in [5.41, 5.74) is 6.10. The standard InChI is InChI=1S/C11H13ClN2O3/c1-14-10(15)4-5-17-11(16)8-6-7(12)2-3-9(8)13/h2-3,6H,4-5,13H2,1H3,(H,14,15). The first-order valence-corrected chi connectivity index (χ1v) is 5.35. The van der Waals surface area contributed by atoms with Gasteiger partial charge in [0, 0.05) is 17.8 Å². The maximum absolute atomic E-state index is 11.6. The van der Waals surface area contributed by atoms with E-state index in [1.165, 1.54) is 19.2 Å². The quantitative estimate of drug-likeness (QED) is 0.627. The highest BCUT2D eigenvalue weighted by atomic mass is 35.5. The largest absolute Gasteiger partial charge is 0.461 e. The molecule has 92 valence electrons. The van der Waals surface area contributed by atoms with Crippen molar-refractivity contribution in [3.05, 3.63) is 28.8 Å². The second-order valence-electron chi connectivity index (χ2n) is 3.29. The van der Waals surface area contributed by atoms with Crippen molar-refractivity contribution in [2.75, 3.05) is 19.4 Å². The lowest BCUT2D eigenvalue weighted by Crippen LogP contribution is -2.20. The highest BCUT2D eigenvalue weighted by Gasteiger charge is 2.12. The molecule has 5 nitrogen and oxygen atoms in total. The minimum atomic E-state index is -0.589. The van der Waals surface area contributed by atoms with Gasteiger partial charge in [-0.25, -0.2) is 4.79 Å². The Morgan fingerprint density at radius 1 is 1.47 bits per heavy atom. The summed E-state index contributed by atoms with van der Waals surface area (Å²) in [5, 5.41) is 2.82. The van der Waals surface area contributed by atoms with Crippen molar-refractivity contribution >= 4 is 29.2 Å². The summed E-state index contributed by atoms with van der Waals surface area (Å²) in [6, 6.07) is 4.54. The highest BCUT2D eigenvalue weighted by molar-refractivity contribution is 6.31. The molecule has 0 saturated heterocycles. The van der Waals surface area contributed by atoms with Gasteiger partial charge in [-0.2, -0.15) is 0 Å². The maximum Gasteiger partial charge on any atom is 0.340 e. The molecule has 0 saturated carbocycles. The summed E-state index contributed by atoms with van der Waals surface area (Å²) in [7, 11) is 1.51. The first kappa shape index (κ1) is 13.3. The molecule has 0 radical (unpaired) electrons. The summed E-state index contributed by atoms with van der Waals surface area (Å²) < 4.78 is 4.90. The molecule has 0 aromatic heterocycles. The number of ether oxygens (including phenoxy) is 1. The zero-order valence-corrected chi connectivity index (χ0v) is 10.1. The van der Waals surface area contributed by atoms with Crippen LogP contribution >= 0.6 is 11.6 Å². The number of nitrogens with one attached hydrogen (secondary N) is 1. The van der Waals surface area contributed by atoms with Crippen LogP contribution in [-0.2, 0) is 9.53 Å². The number of amides is 1. The fourth-order valence-corrected chi connectivity index (χ4v) is 1.32. The van der Waals surface area contributed by atoms with Gasteiger partial charge in [-0.15, -0.1) is 0 Å². The fraction of sp³-hybridized carbons (Fsp3) is 0.273. The van der Waals surface area contributed by atoms with Crippen LogP contribution in [0.25, 0.3) is 0 Å². The Balaban J connectivity index is 2.58. The van der Waals surface area contributed by atoms with E-state index in [1.54, 1.807) is 6.07 Å². The predicted molar refractivity (Wildman–Crippen MR) is 64.8 cm³/mol. The molecule has 0 atom stereocenters. The predicted octanol–water partition coefficient (Wildman–Crippen LogP) is 1.22. The molecule has 0 unspecified atom stereocenters. The molecule has 17 heavy (non-hydrogen) atoms. The summed E-state index contributed by atoms with van der Waals surface area (Å²) in [6.45, 7) is 0.00442. The van der Waals surface area contributed by atoms with Crippen LogP contribution in [0.4, 0.5) is 5.69 Å². The maximum atomic E-state index is 11.6. The number of hydrogen-bond acceptors (Lipinski definition) is 4. The number of nitrogen functional groups attached to an aromatic ring is 1. The van der Waals surface area contributed by atoms with E-state index in [9.17, 15) is 9.59 Å². The zero-order valence-electron chi connectivity index (χ0n) is 9.33. The Bertz CT molecular complexity index is 435. The van der Waals surface area contributed by atoms with Crippen molar-refractivity contribution in [3.63, 3.8) is 0 Å². The van der Waals surface area contributed by atoms with E-state index < -0.39 is 5.97 Å². The third-order valence-electron chi connectivity index (χ3n) is 2.08. The van der Waals surface area contributed by atoms with E-state index in [-0.39, 0.29) is 24.5 Å². The molecule has 0 aliphatic carbocycles. The number of esters is 1. The molecule has 0 heterocycles. The summed E-state index contributed by atoms with van der Waals surface area (Å²) in [6.07, 6.45) is 0.114. The lowest BCUT2D eigenvalue weighted by atomic mass is 10.2. The SMILES string of the molecule is CNC(=O)CCOC(=O)c1cc(Cl)ccc1N. The molecule has 1 aromatic rings. The van der Waals surface area contributed by atoms with Crippen molar-refractivity contribution in [2.24, 2.45) is 0 Å². The van der Waals surface area contributed by atoms with E-state index in [0.717, 1.165) is 0 Å². The average molecular weight is 257 g/mol. The van der Waals surface area contributed by atoms with Gasteiger partial charge in [0.05, 0.1) is 12.0 Å². The monoisotopic (exact) mass is 256 g/mol. The molecule has 0 bridgehead atoms. The van der Waals surface area contributed by atoms with Crippen LogP contribution < -0.4 is 11.1 Å². The van der Waals surface area contributed by atoms with Gasteiger partial charge in [0.2, 0.25) is 5.91 Å².